The minimum atomic E-state index is -4.18. The van der Waals surface area contributed by atoms with Gasteiger partial charge in [-0.05, 0) is 13.0 Å². The van der Waals surface area contributed by atoms with E-state index in [2.05, 4.69) is 15.5 Å². The van der Waals surface area contributed by atoms with E-state index < -0.39 is 12.6 Å². The van der Waals surface area contributed by atoms with Crippen molar-refractivity contribution in [1.29, 1.82) is 0 Å². The van der Waals surface area contributed by atoms with Gasteiger partial charge in [-0.2, -0.15) is 18.2 Å². The second-order valence-corrected chi connectivity index (χ2v) is 3.40. The lowest BCUT2D eigenvalue weighted by Crippen LogP contribution is -2.14. The molecule has 0 saturated heterocycles. The Morgan fingerprint density at radius 2 is 2.12 bits per heavy atom. The lowest BCUT2D eigenvalue weighted by Gasteiger charge is -2.01. The standard InChI is InChI=1S/C9H14F3N3O/c1-2-5-13-6-8-14-7(15-16-8)3-4-9(10,11)12/h13H,2-6H2,1H3. The molecule has 0 bridgehead atoms. The normalized spacial score (nSPS) is 12.0. The van der Waals surface area contributed by atoms with Crippen LogP contribution in [0.25, 0.3) is 0 Å². The van der Waals surface area contributed by atoms with Gasteiger partial charge in [0.2, 0.25) is 5.89 Å². The van der Waals surface area contributed by atoms with Crippen LogP contribution in [0.5, 0.6) is 0 Å². The molecule has 0 aromatic carbocycles. The molecule has 1 heterocycles. The number of aryl methyl sites for hydroxylation is 1. The summed E-state index contributed by atoms with van der Waals surface area (Å²) in [5.41, 5.74) is 0. The van der Waals surface area contributed by atoms with E-state index in [0.717, 1.165) is 13.0 Å². The summed E-state index contributed by atoms with van der Waals surface area (Å²) < 4.78 is 40.5. The summed E-state index contributed by atoms with van der Waals surface area (Å²) in [5.74, 6) is 0.427. The fourth-order valence-corrected chi connectivity index (χ4v) is 1.09. The van der Waals surface area contributed by atoms with E-state index >= 15 is 0 Å². The highest BCUT2D eigenvalue weighted by molar-refractivity contribution is 4.86. The number of hydrogen-bond donors (Lipinski definition) is 1. The van der Waals surface area contributed by atoms with Crippen molar-refractivity contribution in [2.45, 2.75) is 38.9 Å². The van der Waals surface area contributed by atoms with Gasteiger partial charge in [0.15, 0.2) is 5.82 Å². The molecule has 0 amide bonds. The lowest BCUT2D eigenvalue weighted by atomic mass is 10.3. The van der Waals surface area contributed by atoms with Gasteiger partial charge >= 0.3 is 6.18 Å². The molecule has 1 aromatic rings. The summed E-state index contributed by atoms with van der Waals surface area (Å²) in [5, 5.41) is 6.49. The molecule has 0 aliphatic heterocycles. The minimum Gasteiger partial charge on any atom is -0.338 e. The predicted molar refractivity (Wildman–Crippen MR) is 50.7 cm³/mol. The number of aromatic nitrogens is 2. The van der Waals surface area contributed by atoms with E-state index in [1.54, 1.807) is 0 Å². The highest BCUT2D eigenvalue weighted by Gasteiger charge is 2.27. The average Bonchev–Trinajstić information content (AvgIpc) is 2.62. The van der Waals surface area contributed by atoms with Crippen molar-refractivity contribution in [1.82, 2.24) is 15.5 Å². The summed E-state index contributed by atoms with van der Waals surface area (Å²) >= 11 is 0. The van der Waals surface area contributed by atoms with E-state index in [4.69, 9.17) is 4.52 Å². The van der Waals surface area contributed by atoms with Crippen LogP contribution in [0.2, 0.25) is 0 Å². The van der Waals surface area contributed by atoms with Gasteiger partial charge in [-0.15, -0.1) is 0 Å². The van der Waals surface area contributed by atoms with Crippen molar-refractivity contribution in [3.8, 4) is 0 Å². The van der Waals surface area contributed by atoms with Crippen LogP contribution >= 0.6 is 0 Å². The molecule has 4 nitrogen and oxygen atoms in total. The van der Waals surface area contributed by atoms with E-state index in [0.29, 0.717) is 12.4 Å². The Labute approximate surface area is 91.2 Å². The summed E-state index contributed by atoms with van der Waals surface area (Å²) in [7, 11) is 0. The third kappa shape index (κ3) is 5.11. The van der Waals surface area contributed by atoms with Crippen molar-refractivity contribution in [2.24, 2.45) is 0 Å². The quantitative estimate of drug-likeness (QED) is 0.769. The van der Waals surface area contributed by atoms with E-state index in [-0.39, 0.29) is 12.2 Å². The van der Waals surface area contributed by atoms with Gasteiger partial charge in [0.05, 0.1) is 13.0 Å². The lowest BCUT2D eigenvalue weighted by molar-refractivity contribution is -0.134. The van der Waals surface area contributed by atoms with Crippen LogP contribution in [0, 0.1) is 0 Å². The Bertz CT molecular complexity index is 311. The Morgan fingerprint density at radius 3 is 2.75 bits per heavy atom. The summed E-state index contributed by atoms with van der Waals surface area (Å²) in [6.45, 7) is 3.21. The summed E-state index contributed by atoms with van der Waals surface area (Å²) in [4.78, 5) is 3.84. The van der Waals surface area contributed by atoms with Gasteiger partial charge in [0.25, 0.3) is 0 Å². The predicted octanol–water partition coefficient (Wildman–Crippen LogP) is 2.06. The van der Waals surface area contributed by atoms with Crippen LogP contribution in [-0.4, -0.2) is 22.9 Å². The molecule has 0 radical (unpaired) electrons. The monoisotopic (exact) mass is 237 g/mol. The van der Waals surface area contributed by atoms with Gasteiger partial charge < -0.3 is 9.84 Å². The number of halogens is 3. The molecule has 1 rings (SSSR count). The molecule has 1 N–H and O–H groups in total. The van der Waals surface area contributed by atoms with E-state index in [1.807, 2.05) is 6.92 Å². The molecule has 0 aliphatic carbocycles. The molecule has 7 heteroatoms. The topological polar surface area (TPSA) is 51.0 Å². The van der Waals surface area contributed by atoms with Crippen molar-refractivity contribution < 1.29 is 17.7 Å². The molecule has 0 unspecified atom stereocenters. The first kappa shape index (κ1) is 13.0. The summed E-state index contributed by atoms with van der Waals surface area (Å²) in [6, 6.07) is 0. The first-order valence-corrected chi connectivity index (χ1v) is 5.10. The Hall–Kier alpha value is -1.11. The highest BCUT2D eigenvalue weighted by Crippen LogP contribution is 2.21. The van der Waals surface area contributed by atoms with Crippen LogP contribution in [0.4, 0.5) is 13.2 Å². The number of alkyl halides is 3. The van der Waals surface area contributed by atoms with Gasteiger partial charge in [0, 0.05) is 6.42 Å². The zero-order valence-corrected chi connectivity index (χ0v) is 8.97. The maximum atomic E-state index is 11.9. The zero-order chi connectivity index (χ0) is 12.0. The molecule has 0 atom stereocenters. The first-order valence-electron chi connectivity index (χ1n) is 5.10. The molecule has 0 aliphatic rings. The Morgan fingerprint density at radius 1 is 1.38 bits per heavy atom. The van der Waals surface area contributed by atoms with Crippen LogP contribution in [-0.2, 0) is 13.0 Å². The number of nitrogens with one attached hydrogen (secondary N) is 1. The van der Waals surface area contributed by atoms with Gasteiger partial charge in [-0.3, -0.25) is 0 Å². The average molecular weight is 237 g/mol. The molecular weight excluding hydrogens is 223 g/mol. The van der Waals surface area contributed by atoms with Crippen LogP contribution in [0.3, 0.4) is 0 Å². The third-order valence-electron chi connectivity index (χ3n) is 1.85. The first-order chi connectivity index (χ1) is 7.51. The molecule has 0 saturated carbocycles. The van der Waals surface area contributed by atoms with Crippen LogP contribution in [0.15, 0.2) is 4.52 Å². The van der Waals surface area contributed by atoms with Crippen LogP contribution in [0.1, 0.15) is 31.5 Å². The largest absolute Gasteiger partial charge is 0.389 e. The molecule has 92 valence electrons. The SMILES string of the molecule is CCCNCc1nc(CCC(F)(F)F)no1. The smallest absolute Gasteiger partial charge is 0.338 e. The number of nitrogens with zero attached hydrogens (tertiary/aromatic N) is 2. The molecular formula is C9H14F3N3O. The fraction of sp³-hybridized carbons (Fsp3) is 0.778. The van der Waals surface area contributed by atoms with Gasteiger partial charge in [-0.1, -0.05) is 12.1 Å². The van der Waals surface area contributed by atoms with Gasteiger partial charge in [0.1, 0.15) is 0 Å². The number of rotatable bonds is 6. The zero-order valence-electron chi connectivity index (χ0n) is 8.97. The second kappa shape index (κ2) is 5.83. The van der Waals surface area contributed by atoms with Crippen molar-refractivity contribution in [3.63, 3.8) is 0 Å². The second-order valence-electron chi connectivity index (χ2n) is 3.40. The van der Waals surface area contributed by atoms with Crippen molar-refractivity contribution in [2.75, 3.05) is 6.54 Å². The molecule has 16 heavy (non-hydrogen) atoms. The minimum absolute atomic E-state index is 0.102. The maximum absolute atomic E-state index is 11.9. The molecule has 0 spiro atoms. The third-order valence-corrected chi connectivity index (χ3v) is 1.85. The van der Waals surface area contributed by atoms with E-state index in [1.165, 1.54) is 0 Å². The van der Waals surface area contributed by atoms with E-state index in [9.17, 15) is 13.2 Å². The van der Waals surface area contributed by atoms with Crippen molar-refractivity contribution >= 4 is 0 Å². The van der Waals surface area contributed by atoms with Crippen LogP contribution < -0.4 is 5.32 Å². The van der Waals surface area contributed by atoms with Crippen molar-refractivity contribution in [3.05, 3.63) is 11.7 Å². The molecule has 0 fully saturated rings. The highest BCUT2D eigenvalue weighted by atomic mass is 19.4. The molecule has 1 aromatic heterocycles. The Kier molecular flexibility index (Phi) is 4.72. The number of hydrogen-bond acceptors (Lipinski definition) is 4. The maximum Gasteiger partial charge on any atom is 0.389 e. The Balaban J connectivity index is 2.33. The summed E-state index contributed by atoms with van der Waals surface area (Å²) in [6.07, 6.45) is -4.37. The van der Waals surface area contributed by atoms with Gasteiger partial charge in [-0.25, -0.2) is 0 Å². The fourth-order valence-electron chi connectivity index (χ4n) is 1.09.